The van der Waals surface area contributed by atoms with Crippen molar-refractivity contribution in [2.75, 3.05) is 5.32 Å². The van der Waals surface area contributed by atoms with Crippen LogP contribution in [-0.4, -0.2) is 15.8 Å². The fraction of sp³-hybridized carbons (Fsp3) is 0.364. The summed E-state index contributed by atoms with van der Waals surface area (Å²) in [6.45, 7) is 3.89. The van der Waals surface area contributed by atoms with Crippen molar-refractivity contribution in [3.8, 4) is 5.75 Å². The summed E-state index contributed by atoms with van der Waals surface area (Å²) in [6, 6.07) is 5.11. The molecule has 5 heteroatoms. The number of alkyl halides is 1. The molecule has 1 amide bonds. The third kappa shape index (κ3) is 3.22. The summed E-state index contributed by atoms with van der Waals surface area (Å²) in [7, 11) is 0. The smallest absolute Gasteiger partial charge is 0.238 e. The monoisotopic (exact) mass is 349 g/mol. The van der Waals surface area contributed by atoms with Crippen LogP contribution in [0.25, 0.3) is 0 Å². The number of benzene rings is 1. The van der Waals surface area contributed by atoms with E-state index in [0.717, 1.165) is 0 Å². The van der Waals surface area contributed by atoms with Gasteiger partial charge in [0.05, 0.1) is 15.0 Å². The van der Waals surface area contributed by atoms with Crippen molar-refractivity contribution in [2.45, 2.75) is 18.7 Å². The van der Waals surface area contributed by atoms with Crippen LogP contribution in [0, 0.1) is 5.92 Å². The van der Waals surface area contributed by atoms with E-state index in [1.807, 2.05) is 13.8 Å². The summed E-state index contributed by atoms with van der Waals surface area (Å²) in [5.41, 5.74) is 0.407. The molecule has 2 N–H and O–H groups in total. The van der Waals surface area contributed by atoms with Gasteiger partial charge in [-0.1, -0.05) is 35.8 Å². The normalized spacial score (nSPS) is 12.6. The van der Waals surface area contributed by atoms with Crippen LogP contribution < -0.4 is 5.32 Å². The van der Waals surface area contributed by atoms with Crippen molar-refractivity contribution < 1.29 is 9.90 Å². The first kappa shape index (κ1) is 13.5. The van der Waals surface area contributed by atoms with E-state index in [-0.39, 0.29) is 22.4 Å². The molecule has 88 valence electrons. The van der Waals surface area contributed by atoms with Crippen molar-refractivity contribution in [1.29, 1.82) is 0 Å². The zero-order chi connectivity index (χ0) is 12.3. The molecule has 16 heavy (non-hydrogen) atoms. The molecule has 0 heterocycles. The summed E-state index contributed by atoms with van der Waals surface area (Å²) in [4.78, 5) is 11.5. The summed E-state index contributed by atoms with van der Waals surface area (Å²) in [5.74, 6) is 0.0667. The molecule has 0 saturated carbocycles. The molecule has 0 aliphatic rings. The Morgan fingerprint density at radius 1 is 1.44 bits per heavy atom. The molecule has 3 nitrogen and oxygen atoms in total. The highest BCUT2D eigenvalue weighted by atomic mass is 79.9. The Balaban J connectivity index is 2.81. The van der Waals surface area contributed by atoms with Crippen molar-refractivity contribution in [2.24, 2.45) is 5.92 Å². The first-order valence-corrected chi connectivity index (χ1v) is 6.56. The van der Waals surface area contributed by atoms with E-state index in [1.54, 1.807) is 18.2 Å². The minimum absolute atomic E-state index is 0.0410. The van der Waals surface area contributed by atoms with Crippen LogP contribution in [0.1, 0.15) is 13.8 Å². The zero-order valence-electron chi connectivity index (χ0n) is 9.00. The standard InChI is InChI=1S/C11H13Br2NO2/c1-6(2)9(13)11(16)14-8-5-3-4-7(12)10(8)15/h3-6,9,15H,1-2H3,(H,14,16). The lowest BCUT2D eigenvalue weighted by Crippen LogP contribution is -2.27. The second-order valence-corrected chi connectivity index (χ2v) is 5.61. The fourth-order valence-electron chi connectivity index (χ4n) is 1.12. The molecule has 0 saturated heterocycles. The van der Waals surface area contributed by atoms with Crippen LogP contribution in [0.15, 0.2) is 22.7 Å². The molecule has 0 bridgehead atoms. The molecule has 1 unspecified atom stereocenters. The summed E-state index contributed by atoms with van der Waals surface area (Å²) in [6.07, 6.45) is 0. The Kier molecular flexibility index (Phi) is 4.80. The molecule has 0 aromatic heterocycles. The molecule has 1 rings (SSSR count). The Labute approximate surface area is 111 Å². The second-order valence-electron chi connectivity index (χ2n) is 3.77. The van der Waals surface area contributed by atoms with Crippen LogP contribution >= 0.6 is 31.9 Å². The second kappa shape index (κ2) is 5.68. The average Bonchev–Trinajstić information content (AvgIpc) is 2.23. The van der Waals surface area contributed by atoms with E-state index in [4.69, 9.17) is 0 Å². The first-order valence-electron chi connectivity index (χ1n) is 4.86. The highest BCUT2D eigenvalue weighted by Gasteiger charge is 2.19. The predicted molar refractivity (Wildman–Crippen MR) is 72.0 cm³/mol. The third-order valence-corrected chi connectivity index (χ3v) is 4.19. The molecule has 1 aromatic carbocycles. The summed E-state index contributed by atoms with van der Waals surface area (Å²) >= 11 is 6.49. The molecule has 0 fully saturated rings. The number of phenolic OH excluding ortho intramolecular Hbond substituents is 1. The lowest BCUT2D eigenvalue weighted by molar-refractivity contribution is -0.116. The maximum absolute atomic E-state index is 11.7. The average molecular weight is 351 g/mol. The van der Waals surface area contributed by atoms with Gasteiger partial charge in [0.15, 0.2) is 5.75 Å². The van der Waals surface area contributed by atoms with E-state index in [0.29, 0.717) is 10.2 Å². The number of aromatic hydroxyl groups is 1. The largest absolute Gasteiger partial charge is 0.505 e. The van der Waals surface area contributed by atoms with Crippen molar-refractivity contribution in [3.05, 3.63) is 22.7 Å². The molecule has 0 radical (unpaired) electrons. The molecular weight excluding hydrogens is 338 g/mol. The summed E-state index contributed by atoms with van der Waals surface area (Å²) in [5, 5.41) is 12.4. The van der Waals surface area contributed by atoms with Crippen molar-refractivity contribution in [1.82, 2.24) is 0 Å². The SMILES string of the molecule is CC(C)C(Br)C(=O)Nc1cccc(Br)c1O. The number of phenols is 1. The quantitative estimate of drug-likeness (QED) is 0.647. The lowest BCUT2D eigenvalue weighted by atomic mass is 10.1. The highest BCUT2D eigenvalue weighted by molar-refractivity contribution is 9.10. The molecule has 0 spiro atoms. The predicted octanol–water partition coefficient (Wildman–Crippen LogP) is 3.51. The Morgan fingerprint density at radius 3 is 2.62 bits per heavy atom. The van der Waals surface area contributed by atoms with Crippen molar-refractivity contribution in [3.63, 3.8) is 0 Å². The van der Waals surface area contributed by atoms with Gasteiger partial charge in [-0.15, -0.1) is 0 Å². The van der Waals surface area contributed by atoms with Gasteiger partial charge in [0.1, 0.15) is 0 Å². The van der Waals surface area contributed by atoms with Gasteiger partial charge in [0.2, 0.25) is 5.91 Å². The number of nitrogens with one attached hydrogen (secondary N) is 1. The van der Waals surface area contributed by atoms with Gasteiger partial charge < -0.3 is 10.4 Å². The van der Waals surface area contributed by atoms with Gasteiger partial charge in [0.25, 0.3) is 0 Å². The number of hydrogen-bond acceptors (Lipinski definition) is 2. The highest BCUT2D eigenvalue weighted by Crippen LogP contribution is 2.32. The van der Waals surface area contributed by atoms with Crippen LogP contribution in [0.5, 0.6) is 5.75 Å². The number of carbonyl (C=O) groups excluding carboxylic acids is 1. The van der Waals surface area contributed by atoms with Gasteiger partial charge in [-0.3, -0.25) is 4.79 Å². The Bertz CT molecular complexity index is 394. The van der Waals surface area contributed by atoms with Crippen LogP contribution in [0.2, 0.25) is 0 Å². The Morgan fingerprint density at radius 2 is 2.06 bits per heavy atom. The van der Waals surface area contributed by atoms with Crippen LogP contribution in [-0.2, 0) is 4.79 Å². The van der Waals surface area contributed by atoms with E-state index >= 15 is 0 Å². The fourth-order valence-corrected chi connectivity index (χ4v) is 1.60. The molecule has 1 aromatic rings. The van der Waals surface area contributed by atoms with Crippen molar-refractivity contribution >= 4 is 43.5 Å². The molecular formula is C11H13Br2NO2. The van der Waals surface area contributed by atoms with E-state index in [2.05, 4.69) is 37.2 Å². The third-order valence-electron chi connectivity index (χ3n) is 2.08. The zero-order valence-corrected chi connectivity index (χ0v) is 12.2. The number of anilines is 1. The van der Waals surface area contributed by atoms with E-state index in [9.17, 15) is 9.90 Å². The Hall–Kier alpha value is -0.550. The van der Waals surface area contributed by atoms with Gasteiger partial charge in [-0.25, -0.2) is 0 Å². The van der Waals surface area contributed by atoms with Gasteiger partial charge >= 0.3 is 0 Å². The van der Waals surface area contributed by atoms with E-state index in [1.165, 1.54) is 0 Å². The first-order chi connectivity index (χ1) is 7.43. The number of halogens is 2. The lowest BCUT2D eigenvalue weighted by Gasteiger charge is -2.14. The maximum atomic E-state index is 11.7. The van der Waals surface area contributed by atoms with Gasteiger partial charge in [0, 0.05) is 0 Å². The number of rotatable bonds is 3. The molecule has 1 atom stereocenters. The molecule has 0 aliphatic carbocycles. The minimum atomic E-state index is -0.272. The van der Waals surface area contributed by atoms with Crippen LogP contribution in [0.4, 0.5) is 5.69 Å². The number of hydrogen-bond donors (Lipinski definition) is 2. The van der Waals surface area contributed by atoms with Crippen LogP contribution in [0.3, 0.4) is 0 Å². The number of carbonyl (C=O) groups is 1. The molecule has 0 aliphatic heterocycles. The summed E-state index contributed by atoms with van der Waals surface area (Å²) < 4.78 is 0.556. The topological polar surface area (TPSA) is 49.3 Å². The van der Waals surface area contributed by atoms with E-state index < -0.39 is 0 Å². The number of amides is 1. The maximum Gasteiger partial charge on any atom is 0.238 e. The number of para-hydroxylation sites is 1. The van der Waals surface area contributed by atoms with Gasteiger partial charge in [-0.2, -0.15) is 0 Å². The van der Waals surface area contributed by atoms with Gasteiger partial charge in [-0.05, 0) is 34.0 Å². The minimum Gasteiger partial charge on any atom is -0.505 e.